The molecule has 0 saturated carbocycles. The molecule has 2 rings (SSSR count). The highest BCUT2D eigenvalue weighted by atomic mass is 35.5. The van der Waals surface area contributed by atoms with Gasteiger partial charge in [-0.2, -0.15) is 11.8 Å². The van der Waals surface area contributed by atoms with Gasteiger partial charge in [0.05, 0.1) is 20.7 Å². The summed E-state index contributed by atoms with van der Waals surface area (Å²) in [7, 11) is -3.23. The van der Waals surface area contributed by atoms with Gasteiger partial charge in [-0.15, -0.1) is 0 Å². The normalized spacial score (nSPS) is 11.9. The van der Waals surface area contributed by atoms with Crippen LogP contribution >= 0.6 is 35.0 Å². The minimum atomic E-state index is -3.23. The summed E-state index contributed by atoms with van der Waals surface area (Å²) in [6.45, 7) is 4.22. The van der Waals surface area contributed by atoms with E-state index in [-0.39, 0.29) is 5.75 Å². The van der Waals surface area contributed by atoms with Crippen molar-refractivity contribution in [2.45, 2.75) is 30.4 Å². The molecule has 2 aromatic rings. The zero-order valence-corrected chi connectivity index (χ0v) is 16.8. The highest BCUT2D eigenvalue weighted by Gasteiger charge is 2.14. The molecule has 0 radical (unpaired) electrons. The van der Waals surface area contributed by atoms with Crippen LogP contribution in [0.1, 0.15) is 20.3 Å². The van der Waals surface area contributed by atoms with Gasteiger partial charge in [-0.3, -0.25) is 0 Å². The SMILES string of the molecule is CC(C)SCCCS(=O)(=O)c1ccc(-c2ccc(Cl)c(Cl)c2)cc1. The van der Waals surface area contributed by atoms with Gasteiger partial charge >= 0.3 is 0 Å². The fourth-order valence-corrected chi connectivity index (χ4v) is 4.79. The second kappa shape index (κ2) is 8.61. The van der Waals surface area contributed by atoms with Crippen molar-refractivity contribution in [1.82, 2.24) is 0 Å². The van der Waals surface area contributed by atoms with Crippen LogP contribution in [0, 0.1) is 0 Å². The van der Waals surface area contributed by atoms with E-state index in [1.807, 2.05) is 6.07 Å². The Balaban J connectivity index is 2.09. The largest absolute Gasteiger partial charge is 0.224 e. The van der Waals surface area contributed by atoms with Gasteiger partial charge in [-0.05, 0) is 52.8 Å². The Hall–Kier alpha value is -0.680. The number of halogens is 2. The van der Waals surface area contributed by atoms with Crippen LogP contribution < -0.4 is 0 Å². The number of sulfone groups is 1. The van der Waals surface area contributed by atoms with E-state index < -0.39 is 9.84 Å². The summed E-state index contributed by atoms with van der Waals surface area (Å²) in [5.41, 5.74) is 1.81. The summed E-state index contributed by atoms with van der Waals surface area (Å²) in [5, 5.41) is 1.51. The molecule has 0 bridgehead atoms. The zero-order valence-electron chi connectivity index (χ0n) is 13.6. The lowest BCUT2D eigenvalue weighted by Gasteiger charge is -2.08. The van der Waals surface area contributed by atoms with Gasteiger partial charge in [0.1, 0.15) is 0 Å². The predicted octanol–water partition coefficient (Wildman–Crippen LogP) is 5.97. The number of thioether (sulfide) groups is 1. The molecule has 0 atom stereocenters. The fourth-order valence-electron chi connectivity index (χ4n) is 2.22. The molecule has 0 heterocycles. The van der Waals surface area contributed by atoms with E-state index in [9.17, 15) is 8.42 Å². The van der Waals surface area contributed by atoms with Crippen LogP contribution in [0.25, 0.3) is 11.1 Å². The first kappa shape index (κ1) is 19.6. The lowest BCUT2D eigenvalue weighted by molar-refractivity contribution is 0.595. The summed E-state index contributed by atoms with van der Waals surface area (Å²) in [6.07, 6.45) is 0.666. The molecule has 0 saturated heterocycles. The number of hydrogen-bond acceptors (Lipinski definition) is 3. The summed E-state index contributed by atoms with van der Waals surface area (Å²) in [5.74, 6) is 1.04. The van der Waals surface area contributed by atoms with Crippen LogP contribution in [0.3, 0.4) is 0 Å². The quantitative estimate of drug-likeness (QED) is 0.535. The van der Waals surface area contributed by atoms with Crippen molar-refractivity contribution in [2.75, 3.05) is 11.5 Å². The number of benzene rings is 2. The Labute approximate surface area is 158 Å². The van der Waals surface area contributed by atoms with Crippen LogP contribution in [0.5, 0.6) is 0 Å². The van der Waals surface area contributed by atoms with Crippen LogP contribution in [0.4, 0.5) is 0 Å². The third-order valence-corrected chi connectivity index (χ3v) is 7.22. The third kappa shape index (κ3) is 5.41. The average Bonchev–Trinajstić information content (AvgIpc) is 2.54. The summed E-state index contributed by atoms with van der Waals surface area (Å²) in [4.78, 5) is 0.362. The van der Waals surface area contributed by atoms with Gasteiger partial charge in [0.25, 0.3) is 0 Å². The standard InChI is InChI=1S/C18H20Cl2O2S2/c1-13(2)23-10-3-11-24(21,22)16-7-4-14(5-8-16)15-6-9-17(19)18(20)12-15/h4-9,12-13H,3,10-11H2,1-2H3. The van der Waals surface area contributed by atoms with Crippen molar-refractivity contribution in [1.29, 1.82) is 0 Å². The van der Waals surface area contributed by atoms with Gasteiger partial charge < -0.3 is 0 Å². The Kier molecular flexibility index (Phi) is 7.05. The molecule has 0 aromatic heterocycles. The van der Waals surface area contributed by atoms with E-state index in [1.54, 1.807) is 48.2 Å². The van der Waals surface area contributed by atoms with Gasteiger partial charge in [-0.25, -0.2) is 8.42 Å². The van der Waals surface area contributed by atoms with Crippen molar-refractivity contribution in [3.8, 4) is 11.1 Å². The van der Waals surface area contributed by atoms with E-state index in [0.717, 1.165) is 16.9 Å². The summed E-state index contributed by atoms with van der Waals surface area (Å²) < 4.78 is 24.8. The number of rotatable bonds is 7. The van der Waals surface area contributed by atoms with Crippen LogP contribution in [0.2, 0.25) is 10.0 Å². The zero-order chi connectivity index (χ0) is 17.7. The minimum Gasteiger partial charge on any atom is -0.224 e. The monoisotopic (exact) mass is 402 g/mol. The smallest absolute Gasteiger partial charge is 0.178 e. The second-order valence-electron chi connectivity index (χ2n) is 5.75. The summed E-state index contributed by atoms with van der Waals surface area (Å²) >= 11 is 13.7. The maximum atomic E-state index is 12.4. The molecule has 2 nitrogen and oxygen atoms in total. The van der Waals surface area contributed by atoms with E-state index >= 15 is 0 Å². The van der Waals surface area contributed by atoms with Crippen molar-refractivity contribution < 1.29 is 8.42 Å². The van der Waals surface area contributed by atoms with Crippen LogP contribution in [0.15, 0.2) is 47.4 Å². The molecule has 0 amide bonds. The third-order valence-electron chi connectivity index (χ3n) is 3.47. The highest BCUT2D eigenvalue weighted by molar-refractivity contribution is 7.99. The lowest BCUT2D eigenvalue weighted by atomic mass is 10.1. The van der Waals surface area contributed by atoms with Crippen molar-refractivity contribution in [3.05, 3.63) is 52.5 Å². The topological polar surface area (TPSA) is 34.1 Å². The molecule has 0 unspecified atom stereocenters. The van der Waals surface area contributed by atoms with E-state index in [4.69, 9.17) is 23.2 Å². The maximum Gasteiger partial charge on any atom is 0.178 e. The molecule has 0 aliphatic carbocycles. The van der Waals surface area contributed by atoms with Crippen LogP contribution in [-0.4, -0.2) is 25.2 Å². The molecule has 2 aromatic carbocycles. The Morgan fingerprint density at radius 1 is 0.958 bits per heavy atom. The maximum absolute atomic E-state index is 12.4. The molecular formula is C18H20Cl2O2S2. The fraction of sp³-hybridized carbons (Fsp3) is 0.333. The first-order valence-electron chi connectivity index (χ1n) is 7.69. The van der Waals surface area contributed by atoms with Gasteiger partial charge in [0.2, 0.25) is 0 Å². The molecule has 24 heavy (non-hydrogen) atoms. The lowest BCUT2D eigenvalue weighted by Crippen LogP contribution is -2.08. The first-order valence-corrected chi connectivity index (χ1v) is 11.1. The Morgan fingerprint density at radius 2 is 1.58 bits per heavy atom. The van der Waals surface area contributed by atoms with Gasteiger partial charge in [0, 0.05) is 0 Å². The number of hydrogen-bond donors (Lipinski definition) is 0. The Bertz CT molecular complexity index is 785. The second-order valence-corrected chi connectivity index (χ2v) is 10.4. The molecule has 0 spiro atoms. The van der Waals surface area contributed by atoms with Gasteiger partial charge in [0.15, 0.2) is 9.84 Å². The highest BCUT2D eigenvalue weighted by Crippen LogP contribution is 2.29. The van der Waals surface area contributed by atoms with E-state index in [1.165, 1.54) is 0 Å². The predicted molar refractivity (Wildman–Crippen MR) is 106 cm³/mol. The first-order chi connectivity index (χ1) is 11.3. The molecule has 0 aliphatic heterocycles. The van der Waals surface area contributed by atoms with Crippen molar-refractivity contribution >= 4 is 44.8 Å². The van der Waals surface area contributed by atoms with Crippen molar-refractivity contribution in [2.24, 2.45) is 0 Å². The molecule has 0 aliphatic rings. The molecular weight excluding hydrogens is 383 g/mol. The summed E-state index contributed by atoms with van der Waals surface area (Å²) in [6, 6.07) is 12.3. The van der Waals surface area contributed by atoms with E-state index in [2.05, 4.69) is 13.8 Å². The molecule has 6 heteroatoms. The van der Waals surface area contributed by atoms with Crippen molar-refractivity contribution in [3.63, 3.8) is 0 Å². The van der Waals surface area contributed by atoms with Crippen LogP contribution in [-0.2, 0) is 9.84 Å². The average molecular weight is 403 g/mol. The Morgan fingerprint density at radius 3 is 2.17 bits per heavy atom. The molecule has 0 fully saturated rings. The van der Waals surface area contributed by atoms with Gasteiger partial charge in [-0.1, -0.05) is 55.2 Å². The molecule has 130 valence electrons. The molecule has 0 N–H and O–H groups in total. The minimum absolute atomic E-state index is 0.179. The van der Waals surface area contributed by atoms with E-state index in [0.29, 0.717) is 26.6 Å².